The number of likely N-dealkylation sites (tertiary alicyclic amines) is 1. The van der Waals surface area contributed by atoms with E-state index in [4.69, 9.17) is 35.5 Å². The molecule has 6 rings (SSSR count). The van der Waals surface area contributed by atoms with Crippen LogP contribution in [0.2, 0.25) is 5.02 Å². The van der Waals surface area contributed by atoms with Crippen molar-refractivity contribution in [2.24, 2.45) is 0 Å². The number of rotatable bonds is 11. The molecule has 10 nitrogen and oxygen atoms in total. The topological polar surface area (TPSA) is 89.5 Å². The first kappa shape index (κ1) is 34.6. The van der Waals surface area contributed by atoms with Gasteiger partial charge in [-0.3, -0.25) is 0 Å². The largest absolute Gasteiger partial charge is 0.495 e. The van der Waals surface area contributed by atoms with Crippen LogP contribution in [0.5, 0.6) is 17.2 Å². The number of amides is 1. The van der Waals surface area contributed by atoms with E-state index in [1.165, 1.54) is 12.4 Å². The number of ether oxygens (including phenoxy) is 4. The molecule has 4 aromatic carbocycles. The maximum absolute atomic E-state index is 15.8. The van der Waals surface area contributed by atoms with Crippen LogP contribution in [0.4, 0.5) is 26.4 Å². The number of carbonyl (C=O) groups excluding carboxylic acids is 1. The molecule has 0 N–H and O–H groups in total. The zero-order valence-electron chi connectivity index (χ0n) is 28.4. The molecule has 0 bridgehead atoms. The number of piperidine rings is 1. The lowest BCUT2D eigenvalue weighted by Gasteiger charge is -2.38. The lowest BCUT2D eigenvalue weighted by atomic mass is 10.0. The van der Waals surface area contributed by atoms with Crippen LogP contribution in [0.3, 0.4) is 0 Å². The van der Waals surface area contributed by atoms with Gasteiger partial charge in [0.15, 0.2) is 17.3 Å². The van der Waals surface area contributed by atoms with Gasteiger partial charge in [-0.25, -0.2) is 19.2 Å². The molecule has 0 saturated carbocycles. The van der Waals surface area contributed by atoms with Crippen molar-refractivity contribution in [3.63, 3.8) is 0 Å². The van der Waals surface area contributed by atoms with Crippen LogP contribution in [-0.2, 0) is 17.9 Å². The Morgan fingerprint density at radius 1 is 0.860 bits per heavy atom. The molecule has 1 amide bonds. The van der Waals surface area contributed by atoms with Gasteiger partial charge in [-0.2, -0.15) is 0 Å². The number of benzene rings is 4. The first-order valence-electron chi connectivity index (χ1n) is 16.2. The van der Waals surface area contributed by atoms with Gasteiger partial charge in [0.05, 0.1) is 43.2 Å². The lowest BCUT2D eigenvalue weighted by Crippen LogP contribution is -2.45. The van der Waals surface area contributed by atoms with Gasteiger partial charge in [0, 0.05) is 44.2 Å². The van der Waals surface area contributed by atoms with E-state index in [2.05, 4.69) is 9.88 Å². The monoisotopic (exact) mass is 699 g/mol. The minimum absolute atomic E-state index is 0.00412. The molecule has 0 radical (unpaired) electrons. The van der Waals surface area contributed by atoms with Gasteiger partial charge in [0.2, 0.25) is 0 Å². The van der Waals surface area contributed by atoms with Gasteiger partial charge in [-0.1, -0.05) is 54.1 Å². The quantitative estimate of drug-likeness (QED) is 0.136. The van der Waals surface area contributed by atoms with Crippen LogP contribution in [0, 0.1) is 5.82 Å². The van der Waals surface area contributed by atoms with Crippen LogP contribution in [0.25, 0.3) is 10.9 Å². The summed E-state index contributed by atoms with van der Waals surface area (Å²) in [5, 5.41) is 0.687. The van der Waals surface area contributed by atoms with E-state index in [1.54, 1.807) is 43.3 Å². The number of nitrogens with zero attached hydrogens (tertiary/aromatic N) is 5. The summed E-state index contributed by atoms with van der Waals surface area (Å²) in [7, 11) is 6.78. The highest BCUT2D eigenvalue weighted by molar-refractivity contribution is 6.31. The second kappa shape index (κ2) is 15.5. The van der Waals surface area contributed by atoms with E-state index in [-0.39, 0.29) is 36.0 Å². The molecule has 5 aromatic rings. The number of fused-ring (bicyclic) bond motifs is 1. The van der Waals surface area contributed by atoms with Gasteiger partial charge < -0.3 is 33.6 Å². The molecule has 2 heterocycles. The van der Waals surface area contributed by atoms with Crippen LogP contribution >= 0.6 is 11.6 Å². The Morgan fingerprint density at radius 2 is 1.60 bits per heavy atom. The van der Waals surface area contributed by atoms with E-state index in [1.807, 2.05) is 67.7 Å². The molecular weight excluding hydrogens is 661 g/mol. The van der Waals surface area contributed by atoms with Crippen molar-refractivity contribution in [1.29, 1.82) is 0 Å². The number of carbonyl (C=O) groups is 1. The van der Waals surface area contributed by atoms with Crippen molar-refractivity contribution < 1.29 is 28.1 Å². The van der Waals surface area contributed by atoms with Crippen molar-refractivity contribution in [2.45, 2.75) is 32.0 Å². The van der Waals surface area contributed by atoms with E-state index in [0.717, 1.165) is 29.7 Å². The predicted molar refractivity (Wildman–Crippen MR) is 193 cm³/mol. The summed E-state index contributed by atoms with van der Waals surface area (Å²) in [6.45, 7) is 1.58. The van der Waals surface area contributed by atoms with E-state index in [0.29, 0.717) is 47.1 Å². The highest BCUT2D eigenvalue weighted by Crippen LogP contribution is 2.41. The predicted octanol–water partition coefficient (Wildman–Crippen LogP) is 8.02. The molecule has 50 heavy (non-hydrogen) atoms. The Balaban J connectivity index is 1.30. The fourth-order valence-electron chi connectivity index (χ4n) is 6.29. The first-order valence-corrected chi connectivity index (χ1v) is 16.6. The lowest BCUT2D eigenvalue weighted by molar-refractivity contribution is 0.0870. The third-order valence-corrected chi connectivity index (χ3v) is 9.33. The van der Waals surface area contributed by atoms with Crippen LogP contribution in [0.15, 0.2) is 85.2 Å². The maximum Gasteiger partial charge on any atom is 0.410 e. The summed E-state index contributed by atoms with van der Waals surface area (Å²) in [5.41, 5.74) is 3.47. The second-order valence-corrected chi connectivity index (χ2v) is 12.4. The molecular formula is C38H39ClFN5O5. The highest BCUT2D eigenvalue weighted by Gasteiger charge is 2.29. The highest BCUT2D eigenvalue weighted by atomic mass is 35.5. The summed E-state index contributed by atoms with van der Waals surface area (Å²) < 4.78 is 38.2. The smallest absolute Gasteiger partial charge is 0.410 e. The third kappa shape index (κ3) is 7.33. The zero-order chi connectivity index (χ0) is 35.2. The zero-order valence-corrected chi connectivity index (χ0v) is 29.2. The molecule has 0 atom stereocenters. The summed E-state index contributed by atoms with van der Waals surface area (Å²) in [6, 6.07) is 24.0. The molecule has 0 aliphatic carbocycles. The van der Waals surface area contributed by atoms with Crippen molar-refractivity contribution in [3.05, 3.63) is 107 Å². The van der Waals surface area contributed by atoms with Crippen molar-refractivity contribution in [1.82, 2.24) is 14.9 Å². The number of anilines is 3. The fraction of sp³-hybridized carbons (Fsp3) is 0.289. The molecule has 1 aliphatic rings. The van der Waals surface area contributed by atoms with E-state index in [9.17, 15) is 4.79 Å². The van der Waals surface area contributed by atoms with Crippen LogP contribution in [-0.4, -0.2) is 68.5 Å². The molecule has 1 aliphatic heterocycles. The van der Waals surface area contributed by atoms with Crippen molar-refractivity contribution >= 4 is 45.8 Å². The summed E-state index contributed by atoms with van der Waals surface area (Å²) in [6.07, 6.45) is 2.60. The van der Waals surface area contributed by atoms with Crippen LogP contribution in [0.1, 0.15) is 24.0 Å². The van der Waals surface area contributed by atoms with Gasteiger partial charge in [-0.15, -0.1) is 0 Å². The van der Waals surface area contributed by atoms with Gasteiger partial charge in [0.1, 0.15) is 24.5 Å². The fourth-order valence-corrected chi connectivity index (χ4v) is 6.46. The first-order chi connectivity index (χ1) is 24.3. The number of halogens is 2. The van der Waals surface area contributed by atoms with Crippen molar-refractivity contribution in [3.8, 4) is 17.2 Å². The molecule has 1 saturated heterocycles. The number of methoxy groups -OCH3 is 3. The second-order valence-electron chi connectivity index (χ2n) is 12.0. The number of hydrogen-bond donors (Lipinski definition) is 0. The van der Waals surface area contributed by atoms with E-state index < -0.39 is 5.82 Å². The number of aromatic nitrogens is 2. The molecule has 260 valence electrons. The molecule has 12 heteroatoms. The Bertz CT molecular complexity index is 1960. The van der Waals surface area contributed by atoms with Gasteiger partial charge in [-0.05, 0) is 54.3 Å². The number of hydrogen-bond acceptors (Lipinski definition) is 9. The maximum atomic E-state index is 15.8. The normalized spacial score (nSPS) is 13.2. The molecule has 1 fully saturated rings. The minimum atomic E-state index is -0.568. The average molecular weight is 700 g/mol. The Hall–Kier alpha value is -5.29. The Kier molecular flexibility index (Phi) is 10.7. The van der Waals surface area contributed by atoms with Gasteiger partial charge in [0.25, 0.3) is 0 Å². The average Bonchev–Trinajstić information content (AvgIpc) is 3.16. The van der Waals surface area contributed by atoms with Crippen LogP contribution < -0.4 is 24.0 Å². The summed E-state index contributed by atoms with van der Waals surface area (Å²) in [5.74, 6) is 1.68. The van der Waals surface area contributed by atoms with Crippen molar-refractivity contribution in [2.75, 3.05) is 51.3 Å². The molecule has 1 aromatic heterocycles. The minimum Gasteiger partial charge on any atom is -0.495 e. The third-order valence-electron chi connectivity index (χ3n) is 9.04. The summed E-state index contributed by atoms with van der Waals surface area (Å²) in [4.78, 5) is 27.8. The van der Waals surface area contributed by atoms with E-state index >= 15 is 4.39 Å². The Morgan fingerprint density at radius 3 is 2.32 bits per heavy atom. The summed E-state index contributed by atoms with van der Waals surface area (Å²) >= 11 is 6.30. The van der Waals surface area contributed by atoms with Gasteiger partial charge >= 0.3 is 6.09 Å². The molecule has 0 unspecified atom stereocenters. The SMILES string of the molecule is COc1ccc(CN(c2cccc(Cl)c2F)c2ncnc3cc(OC)c(N(C)C4CCN(C(=O)OCc5ccccc5)CC4)cc23)cc1OC. The Labute approximate surface area is 295 Å². The molecule has 0 spiro atoms. The standard InChI is InChI=1S/C38H39ClFN5O5/c1-43(27-15-17-44(18-16-27)38(46)50-23-25-9-6-5-7-10-25)32-20-28-30(21-34(32)48-3)41-24-42-37(28)45(31-12-8-11-29(39)36(31)40)22-26-13-14-33(47-2)35(19-26)49-4/h5-14,19-21,24,27H,15-18,22-23H2,1-4H3.